The van der Waals surface area contributed by atoms with Gasteiger partial charge in [0.15, 0.2) is 0 Å². The summed E-state index contributed by atoms with van der Waals surface area (Å²) < 4.78 is 19.4. The minimum Gasteiger partial charge on any atom is -0.493 e. The summed E-state index contributed by atoms with van der Waals surface area (Å²) in [5.41, 5.74) is 2.37. The SMILES string of the molecule is Fc1c(Cl)cccc1C(Cl)c1ccc2c(c1)CCO2. The van der Waals surface area contributed by atoms with Crippen molar-refractivity contribution in [2.75, 3.05) is 6.61 Å². The molecule has 0 aromatic heterocycles. The van der Waals surface area contributed by atoms with E-state index in [4.69, 9.17) is 27.9 Å². The fraction of sp³-hybridized carbons (Fsp3) is 0.200. The summed E-state index contributed by atoms with van der Waals surface area (Å²) in [6.45, 7) is 0.692. The van der Waals surface area contributed by atoms with E-state index in [0.717, 1.165) is 23.3 Å². The van der Waals surface area contributed by atoms with Crippen molar-refractivity contribution in [3.63, 3.8) is 0 Å². The van der Waals surface area contributed by atoms with Crippen LogP contribution in [0.2, 0.25) is 5.02 Å². The molecule has 2 aromatic carbocycles. The summed E-state index contributed by atoms with van der Waals surface area (Å²) in [5.74, 6) is 0.431. The van der Waals surface area contributed by atoms with Crippen LogP contribution in [0.15, 0.2) is 36.4 Å². The minimum absolute atomic E-state index is 0.0904. The van der Waals surface area contributed by atoms with Crippen molar-refractivity contribution in [1.29, 1.82) is 0 Å². The molecule has 0 radical (unpaired) electrons. The van der Waals surface area contributed by atoms with Crippen molar-refractivity contribution in [2.24, 2.45) is 0 Å². The molecule has 98 valence electrons. The maximum Gasteiger partial charge on any atom is 0.146 e. The Balaban J connectivity index is 2.00. The maximum absolute atomic E-state index is 14.0. The molecule has 0 spiro atoms. The van der Waals surface area contributed by atoms with E-state index in [2.05, 4.69) is 0 Å². The molecule has 19 heavy (non-hydrogen) atoms. The van der Waals surface area contributed by atoms with Gasteiger partial charge >= 0.3 is 0 Å². The third-order valence-corrected chi connectivity index (χ3v) is 4.04. The van der Waals surface area contributed by atoms with E-state index < -0.39 is 11.2 Å². The van der Waals surface area contributed by atoms with Crippen LogP contribution in [-0.4, -0.2) is 6.61 Å². The molecule has 0 amide bonds. The summed E-state index contributed by atoms with van der Waals surface area (Å²) in [7, 11) is 0. The Hall–Kier alpha value is -1.25. The third kappa shape index (κ3) is 2.31. The van der Waals surface area contributed by atoms with Gasteiger partial charge in [0.25, 0.3) is 0 Å². The number of hydrogen-bond donors (Lipinski definition) is 0. The molecule has 2 aromatic rings. The number of halogens is 3. The lowest BCUT2D eigenvalue weighted by molar-refractivity contribution is 0.357. The zero-order valence-corrected chi connectivity index (χ0v) is 11.5. The summed E-state index contributed by atoms with van der Waals surface area (Å²) in [5, 5.41) is -0.461. The Kier molecular flexibility index (Phi) is 3.38. The Labute approximate surface area is 120 Å². The molecular weight excluding hydrogens is 286 g/mol. The zero-order chi connectivity index (χ0) is 13.4. The highest BCUT2D eigenvalue weighted by Gasteiger charge is 2.20. The first-order valence-corrected chi connectivity index (χ1v) is 6.82. The molecule has 0 saturated heterocycles. The second-order valence-electron chi connectivity index (χ2n) is 4.47. The van der Waals surface area contributed by atoms with Crippen LogP contribution < -0.4 is 4.74 Å². The molecule has 1 aliphatic rings. The number of rotatable bonds is 2. The van der Waals surface area contributed by atoms with Crippen molar-refractivity contribution in [2.45, 2.75) is 11.8 Å². The Bertz CT molecular complexity index is 628. The van der Waals surface area contributed by atoms with E-state index in [-0.39, 0.29) is 5.02 Å². The van der Waals surface area contributed by atoms with Gasteiger partial charge in [0, 0.05) is 12.0 Å². The topological polar surface area (TPSA) is 9.23 Å². The fourth-order valence-electron chi connectivity index (χ4n) is 2.26. The molecule has 1 heterocycles. The quantitative estimate of drug-likeness (QED) is 0.727. The Morgan fingerprint density at radius 3 is 2.89 bits per heavy atom. The van der Waals surface area contributed by atoms with Crippen LogP contribution in [0.25, 0.3) is 0 Å². The maximum atomic E-state index is 14.0. The molecule has 3 rings (SSSR count). The zero-order valence-electron chi connectivity index (χ0n) is 10.00. The van der Waals surface area contributed by atoms with Gasteiger partial charge in [-0.1, -0.05) is 35.9 Å². The van der Waals surface area contributed by atoms with Gasteiger partial charge in [-0.15, -0.1) is 11.6 Å². The van der Waals surface area contributed by atoms with Crippen molar-refractivity contribution >= 4 is 23.2 Å². The Morgan fingerprint density at radius 1 is 1.21 bits per heavy atom. The number of ether oxygens (including phenoxy) is 1. The van der Waals surface area contributed by atoms with Crippen LogP contribution in [-0.2, 0) is 6.42 Å². The predicted octanol–water partition coefficient (Wildman–Crippen LogP) is 4.74. The summed E-state index contributed by atoms with van der Waals surface area (Å²) in [6, 6.07) is 10.6. The van der Waals surface area contributed by atoms with Gasteiger partial charge in [-0.05, 0) is 23.3 Å². The number of fused-ring (bicyclic) bond motifs is 1. The minimum atomic E-state index is -0.551. The molecule has 1 aliphatic heterocycles. The summed E-state index contributed by atoms with van der Waals surface area (Å²) in [4.78, 5) is 0. The highest BCUT2D eigenvalue weighted by molar-refractivity contribution is 6.31. The van der Waals surface area contributed by atoms with E-state index >= 15 is 0 Å². The molecule has 1 nitrogen and oxygen atoms in total. The second kappa shape index (κ2) is 5.03. The van der Waals surface area contributed by atoms with Crippen LogP contribution >= 0.6 is 23.2 Å². The van der Waals surface area contributed by atoms with E-state index in [1.54, 1.807) is 12.1 Å². The van der Waals surface area contributed by atoms with E-state index in [1.807, 2.05) is 18.2 Å². The van der Waals surface area contributed by atoms with Crippen LogP contribution in [0.4, 0.5) is 4.39 Å². The smallest absolute Gasteiger partial charge is 0.146 e. The van der Waals surface area contributed by atoms with Gasteiger partial charge in [0.1, 0.15) is 11.6 Å². The first-order chi connectivity index (χ1) is 9.16. The van der Waals surface area contributed by atoms with E-state index in [0.29, 0.717) is 12.2 Å². The summed E-state index contributed by atoms with van der Waals surface area (Å²) in [6.07, 6.45) is 0.866. The van der Waals surface area contributed by atoms with Gasteiger partial charge in [-0.25, -0.2) is 4.39 Å². The predicted molar refractivity (Wildman–Crippen MR) is 74.7 cm³/mol. The molecule has 4 heteroatoms. The van der Waals surface area contributed by atoms with Crippen molar-refractivity contribution in [3.8, 4) is 5.75 Å². The lowest BCUT2D eigenvalue weighted by Crippen LogP contribution is -1.98. The van der Waals surface area contributed by atoms with Gasteiger partial charge in [-0.3, -0.25) is 0 Å². The lowest BCUT2D eigenvalue weighted by atomic mass is 10.0. The van der Waals surface area contributed by atoms with Crippen LogP contribution in [0, 0.1) is 5.82 Å². The monoisotopic (exact) mass is 296 g/mol. The fourth-order valence-corrected chi connectivity index (χ4v) is 2.75. The number of alkyl halides is 1. The average Bonchev–Trinajstić information content (AvgIpc) is 2.88. The van der Waals surface area contributed by atoms with Crippen molar-refractivity contribution < 1.29 is 9.13 Å². The largest absolute Gasteiger partial charge is 0.493 e. The van der Waals surface area contributed by atoms with Gasteiger partial charge in [-0.2, -0.15) is 0 Å². The molecule has 0 bridgehead atoms. The van der Waals surface area contributed by atoms with E-state index in [9.17, 15) is 4.39 Å². The van der Waals surface area contributed by atoms with Crippen LogP contribution in [0.5, 0.6) is 5.75 Å². The third-order valence-electron chi connectivity index (χ3n) is 3.26. The van der Waals surface area contributed by atoms with Crippen LogP contribution in [0.3, 0.4) is 0 Å². The lowest BCUT2D eigenvalue weighted by Gasteiger charge is -2.13. The number of benzene rings is 2. The van der Waals surface area contributed by atoms with E-state index in [1.165, 1.54) is 6.07 Å². The molecule has 1 atom stereocenters. The van der Waals surface area contributed by atoms with Gasteiger partial charge in [0.05, 0.1) is 17.0 Å². The molecular formula is C15H11Cl2FO. The highest BCUT2D eigenvalue weighted by atomic mass is 35.5. The van der Waals surface area contributed by atoms with Crippen molar-refractivity contribution in [1.82, 2.24) is 0 Å². The van der Waals surface area contributed by atoms with Crippen LogP contribution in [0.1, 0.15) is 22.1 Å². The average molecular weight is 297 g/mol. The molecule has 0 N–H and O–H groups in total. The second-order valence-corrected chi connectivity index (χ2v) is 5.31. The first-order valence-electron chi connectivity index (χ1n) is 6.00. The summed E-state index contributed by atoms with van der Waals surface area (Å²) >= 11 is 12.2. The van der Waals surface area contributed by atoms with Crippen molar-refractivity contribution in [3.05, 3.63) is 63.9 Å². The highest BCUT2D eigenvalue weighted by Crippen LogP contribution is 2.36. The number of hydrogen-bond acceptors (Lipinski definition) is 1. The molecule has 0 fully saturated rings. The molecule has 1 unspecified atom stereocenters. The van der Waals surface area contributed by atoms with Gasteiger partial charge < -0.3 is 4.74 Å². The van der Waals surface area contributed by atoms with Gasteiger partial charge in [0.2, 0.25) is 0 Å². The standard InChI is InChI=1S/C15H11Cl2FO/c16-12-3-1-2-11(15(12)18)14(17)10-4-5-13-9(8-10)6-7-19-13/h1-5,8,14H,6-7H2. The normalized spacial score (nSPS) is 14.9. The first kappa shape index (κ1) is 12.8. The molecule has 0 saturated carbocycles. The Morgan fingerprint density at radius 2 is 2.05 bits per heavy atom. The molecule has 0 aliphatic carbocycles.